The lowest BCUT2D eigenvalue weighted by Crippen LogP contribution is -2.55. The zero-order chi connectivity index (χ0) is 15.7. The molecule has 1 aliphatic carbocycles. The Bertz CT molecular complexity index is 390. The van der Waals surface area contributed by atoms with Crippen LogP contribution >= 0.6 is 0 Å². The molecule has 0 heterocycles. The zero-order valence-corrected chi connectivity index (χ0v) is 11.4. The van der Waals surface area contributed by atoms with Crippen molar-refractivity contribution in [3.8, 4) is 0 Å². The van der Waals surface area contributed by atoms with Gasteiger partial charge in [-0.15, -0.1) is 0 Å². The summed E-state index contributed by atoms with van der Waals surface area (Å²) in [5.41, 5.74) is -2.88. The van der Waals surface area contributed by atoms with Crippen LogP contribution in [0.4, 0.5) is 13.2 Å². The Morgan fingerprint density at radius 1 is 1.35 bits per heavy atom. The van der Waals surface area contributed by atoms with Gasteiger partial charge in [0.15, 0.2) is 5.60 Å². The average Bonchev–Trinajstić information content (AvgIpc) is 2.29. The van der Waals surface area contributed by atoms with Gasteiger partial charge in [0.25, 0.3) is 0 Å². The maximum absolute atomic E-state index is 12.8. The predicted molar refractivity (Wildman–Crippen MR) is 64.7 cm³/mol. The number of halogens is 3. The number of aliphatic hydroxyl groups is 2. The highest BCUT2D eigenvalue weighted by Gasteiger charge is 2.58. The van der Waals surface area contributed by atoms with Crippen LogP contribution in [0.3, 0.4) is 0 Å². The molecule has 0 aromatic rings. The van der Waals surface area contributed by atoms with Crippen LogP contribution in [0.1, 0.15) is 33.1 Å². The Hall–Kier alpha value is -1.08. The van der Waals surface area contributed by atoms with Crippen molar-refractivity contribution in [2.75, 3.05) is 0 Å². The van der Waals surface area contributed by atoms with E-state index in [4.69, 9.17) is 4.74 Å². The van der Waals surface area contributed by atoms with Crippen molar-refractivity contribution >= 4 is 5.97 Å². The van der Waals surface area contributed by atoms with Crippen LogP contribution in [0.15, 0.2) is 12.2 Å². The quantitative estimate of drug-likeness (QED) is 0.617. The fourth-order valence-corrected chi connectivity index (χ4v) is 2.29. The van der Waals surface area contributed by atoms with E-state index in [9.17, 15) is 28.2 Å². The molecule has 1 aliphatic rings. The second-order valence-electron chi connectivity index (χ2n) is 5.44. The van der Waals surface area contributed by atoms with Crippen LogP contribution < -0.4 is 0 Å². The highest BCUT2D eigenvalue weighted by Crippen LogP contribution is 2.43. The smallest absolute Gasteiger partial charge is 0.417 e. The molecule has 20 heavy (non-hydrogen) atoms. The molecule has 4 atom stereocenters. The number of hydrogen-bond donors (Lipinski definition) is 2. The van der Waals surface area contributed by atoms with Crippen LogP contribution in [0.25, 0.3) is 0 Å². The second kappa shape index (κ2) is 5.73. The van der Waals surface area contributed by atoms with Crippen LogP contribution in [0.5, 0.6) is 0 Å². The lowest BCUT2D eigenvalue weighted by atomic mass is 9.74. The van der Waals surface area contributed by atoms with E-state index in [-0.39, 0.29) is 24.8 Å². The largest absolute Gasteiger partial charge is 0.459 e. The molecule has 0 aromatic heterocycles. The Morgan fingerprint density at radius 3 is 2.35 bits per heavy atom. The summed E-state index contributed by atoms with van der Waals surface area (Å²) in [7, 11) is 0. The van der Waals surface area contributed by atoms with Gasteiger partial charge in [0.1, 0.15) is 6.10 Å². The van der Waals surface area contributed by atoms with E-state index in [1.165, 1.54) is 6.92 Å². The lowest BCUT2D eigenvalue weighted by Gasteiger charge is -2.42. The summed E-state index contributed by atoms with van der Waals surface area (Å²) in [6.45, 7) is 5.45. The lowest BCUT2D eigenvalue weighted by molar-refractivity contribution is -0.287. The number of esters is 1. The fourth-order valence-electron chi connectivity index (χ4n) is 2.29. The molecule has 1 fully saturated rings. The minimum Gasteiger partial charge on any atom is -0.459 e. The molecule has 1 rings (SSSR count). The van der Waals surface area contributed by atoms with Gasteiger partial charge in [0, 0.05) is 11.5 Å². The van der Waals surface area contributed by atoms with Crippen molar-refractivity contribution in [3.05, 3.63) is 12.2 Å². The molecule has 0 radical (unpaired) electrons. The van der Waals surface area contributed by atoms with Crippen molar-refractivity contribution in [1.82, 2.24) is 0 Å². The molecule has 4 unspecified atom stereocenters. The van der Waals surface area contributed by atoms with Gasteiger partial charge < -0.3 is 14.9 Å². The van der Waals surface area contributed by atoms with Gasteiger partial charge in [-0.05, 0) is 33.1 Å². The van der Waals surface area contributed by atoms with Crippen molar-refractivity contribution in [2.24, 2.45) is 5.92 Å². The molecule has 116 valence electrons. The summed E-state index contributed by atoms with van der Waals surface area (Å²) in [5.74, 6) is -2.11. The zero-order valence-electron chi connectivity index (χ0n) is 11.4. The maximum atomic E-state index is 12.8. The first-order valence-corrected chi connectivity index (χ1v) is 6.30. The average molecular weight is 296 g/mol. The van der Waals surface area contributed by atoms with Gasteiger partial charge in [-0.3, -0.25) is 0 Å². The molecule has 7 heteroatoms. The number of ether oxygens (including phenoxy) is 1. The standard InChI is InChI=1S/C13H19F3O4/c1-7(2)11(18)20-8-4-5-10(17)9(6-8)12(3,19)13(14,15)16/h8-10,17,19H,1,4-6H2,2-3H3. The van der Waals surface area contributed by atoms with Crippen LogP contribution in [0, 0.1) is 5.92 Å². The van der Waals surface area contributed by atoms with Gasteiger partial charge in [-0.25, -0.2) is 4.79 Å². The van der Waals surface area contributed by atoms with Crippen molar-refractivity contribution < 1.29 is 32.9 Å². The second-order valence-corrected chi connectivity index (χ2v) is 5.44. The number of aliphatic hydroxyl groups excluding tert-OH is 1. The first-order valence-electron chi connectivity index (χ1n) is 6.30. The number of carbonyl (C=O) groups excluding carboxylic acids is 1. The molecular formula is C13H19F3O4. The molecule has 4 nitrogen and oxygen atoms in total. The van der Waals surface area contributed by atoms with Crippen molar-refractivity contribution in [1.29, 1.82) is 0 Å². The van der Waals surface area contributed by atoms with E-state index in [0.717, 1.165) is 0 Å². The molecule has 1 saturated carbocycles. The summed E-state index contributed by atoms with van der Waals surface area (Å²) < 4.78 is 43.5. The van der Waals surface area contributed by atoms with E-state index in [2.05, 4.69) is 6.58 Å². The van der Waals surface area contributed by atoms with E-state index in [1.807, 2.05) is 0 Å². The molecular weight excluding hydrogens is 277 g/mol. The number of carbonyl (C=O) groups is 1. The maximum Gasteiger partial charge on any atom is 0.417 e. The monoisotopic (exact) mass is 296 g/mol. The Labute approximate surface area is 115 Å². The SMILES string of the molecule is C=C(C)C(=O)OC1CCC(O)C(C(C)(O)C(F)(F)F)C1. The third-order valence-corrected chi connectivity index (χ3v) is 3.68. The van der Waals surface area contributed by atoms with Gasteiger partial charge >= 0.3 is 12.1 Å². The molecule has 0 spiro atoms. The molecule has 0 bridgehead atoms. The van der Waals surface area contributed by atoms with Gasteiger partial charge in [0.05, 0.1) is 6.10 Å². The van der Waals surface area contributed by atoms with Crippen LogP contribution in [0.2, 0.25) is 0 Å². The minimum absolute atomic E-state index is 0.0328. The van der Waals surface area contributed by atoms with Crippen molar-refractivity contribution in [3.63, 3.8) is 0 Å². The first-order chi connectivity index (χ1) is 8.96. The molecule has 0 aliphatic heterocycles. The molecule has 0 saturated heterocycles. The summed E-state index contributed by atoms with van der Waals surface area (Å²) in [4.78, 5) is 11.4. The van der Waals surface area contributed by atoms with E-state index in [1.54, 1.807) is 0 Å². The number of hydrogen-bond acceptors (Lipinski definition) is 4. The first kappa shape index (κ1) is 17.0. The summed E-state index contributed by atoms with van der Waals surface area (Å²) >= 11 is 0. The Balaban J connectivity index is 2.82. The van der Waals surface area contributed by atoms with E-state index in [0.29, 0.717) is 6.92 Å². The normalized spacial score (nSPS) is 30.4. The third kappa shape index (κ3) is 3.52. The Kier molecular flexibility index (Phi) is 4.86. The van der Waals surface area contributed by atoms with Gasteiger partial charge in [0.2, 0.25) is 0 Å². The van der Waals surface area contributed by atoms with Crippen LogP contribution in [-0.4, -0.2) is 40.2 Å². The van der Waals surface area contributed by atoms with Gasteiger partial charge in [-0.2, -0.15) is 13.2 Å². The van der Waals surface area contributed by atoms with Crippen LogP contribution in [-0.2, 0) is 9.53 Å². The number of rotatable bonds is 3. The Morgan fingerprint density at radius 2 is 1.90 bits per heavy atom. The molecule has 0 amide bonds. The highest BCUT2D eigenvalue weighted by atomic mass is 19.4. The number of alkyl halides is 3. The molecule has 0 aromatic carbocycles. The summed E-state index contributed by atoms with van der Waals surface area (Å²) in [6, 6.07) is 0. The summed E-state index contributed by atoms with van der Waals surface area (Å²) in [6.07, 6.45) is -6.87. The topological polar surface area (TPSA) is 66.8 Å². The summed E-state index contributed by atoms with van der Waals surface area (Å²) in [5, 5.41) is 19.4. The highest BCUT2D eigenvalue weighted by molar-refractivity contribution is 5.87. The molecule has 2 N–H and O–H groups in total. The predicted octanol–water partition coefficient (Wildman–Crippen LogP) is 1.95. The van der Waals surface area contributed by atoms with E-state index < -0.39 is 35.9 Å². The minimum atomic E-state index is -4.86. The van der Waals surface area contributed by atoms with Gasteiger partial charge in [-0.1, -0.05) is 6.58 Å². The fraction of sp³-hybridized carbons (Fsp3) is 0.769. The van der Waals surface area contributed by atoms with Crippen molar-refractivity contribution in [2.45, 2.75) is 57.1 Å². The third-order valence-electron chi connectivity index (χ3n) is 3.68. The van der Waals surface area contributed by atoms with E-state index >= 15 is 0 Å².